The van der Waals surface area contributed by atoms with Crippen LogP contribution in [0.15, 0.2) is 103 Å². The molecule has 0 atom stereocenters. The Balaban J connectivity index is 1.50. The van der Waals surface area contributed by atoms with Gasteiger partial charge in [-0.25, -0.2) is 0 Å². The quantitative estimate of drug-likeness (QED) is 0.306. The van der Waals surface area contributed by atoms with Crippen molar-refractivity contribution in [1.29, 1.82) is 0 Å². The second-order valence-electron chi connectivity index (χ2n) is 7.56. The largest absolute Gasteiger partial charge is 0.0850 e. The van der Waals surface area contributed by atoms with Gasteiger partial charge < -0.3 is 0 Å². The zero-order valence-electron chi connectivity index (χ0n) is 16.9. The highest BCUT2D eigenvalue weighted by Gasteiger charge is 2.01. The molecular weight excluding hydrogens is 336 g/mol. The minimum Gasteiger partial charge on any atom is -0.0850 e. The number of benzene rings is 3. The molecule has 3 aromatic carbocycles. The fourth-order valence-corrected chi connectivity index (χ4v) is 3.75. The van der Waals surface area contributed by atoms with Crippen LogP contribution in [-0.4, -0.2) is 0 Å². The molecule has 144 valence electrons. The Morgan fingerprint density at radius 3 is 1.32 bits per heavy atom. The molecule has 0 N–H and O–H groups in total. The summed E-state index contributed by atoms with van der Waals surface area (Å²) in [5, 5.41) is 0. The van der Waals surface area contributed by atoms with E-state index < -0.39 is 0 Å². The summed E-state index contributed by atoms with van der Waals surface area (Å²) in [6.45, 7) is 0. The maximum absolute atomic E-state index is 2.52. The van der Waals surface area contributed by atoms with Crippen molar-refractivity contribution in [3.05, 3.63) is 119 Å². The van der Waals surface area contributed by atoms with Crippen molar-refractivity contribution in [2.75, 3.05) is 0 Å². The van der Waals surface area contributed by atoms with Gasteiger partial charge in [-0.2, -0.15) is 0 Å². The van der Waals surface area contributed by atoms with E-state index in [4.69, 9.17) is 0 Å². The summed E-state index contributed by atoms with van der Waals surface area (Å²) in [6, 6.07) is 32.6. The van der Waals surface area contributed by atoms with Crippen LogP contribution in [0.25, 0.3) is 0 Å². The van der Waals surface area contributed by atoms with Crippen LogP contribution in [0, 0.1) is 0 Å². The molecule has 0 amide bonds. The number of hydrogen-bond donors (Lipinski definition) is 0. The van der Waals surface area contributed by atoms with E-state index in [1.54, 1.807) is 5.57 Å². The van der Waals surface area contributed by atoms with E-state index >= 15 is 0 Å². The van der Waals surface area contributed by atoms with E-state index in [9.17, 15) is 0 Å². The number of rotatable bonds is 11. The topological polar surface area (TPSA) is 0 Å². The van der Waals surface area contributed by atoms with Crippen molar-refractivity contribution in [1.82, 2.24) is 0 Å². The average Bonchev–Trinajstić information content (AvgIpc) is 2.76. The molecule has 0 aliphatic heterocycles. The molecule has 0 fully saturated rings. The second-order valence-corrected chi connectivity index (χ2v) is 7.56. The summed E-state index contributed by atoms with van der Waals surface area (Å²) in [5.41, 5.74) is 5.99. The summed E-state index contributed by atoms with van der Waals surface area (Å²) >= 11 is 0. The Morgan fingerprint density at radius 1 is 0.500 bits per heavy atom. The van der Waals surface area contributed by atoms with E-state index in [1.165, 1.54) is 55.2 Å². The van der Waals surface area contributed by atoms with Crippen LogP contribution in [0.1, 0.15) is 48.8 Å². The molecule has 0 saturated carbocycles. The molecule has 0 spiro atoms. The molecular formula is C28H32. The van der Waals surface area contributed by atoms with Crippen molar-refractivity contribution in [2.45, 2.75) is 51.4 Å². The Bertz CT molecular complexity index is 753. The predicted octanol–water partition coefficient (Wildman–Crippen LogP) is 7.59. The number of hydrogen-bond acceptors (Lipinski definition) is 0. The van der Waals surface area contributed by atoms with Gasteiger partial charge in [0.1, 0.15) is 0 Å². The average molecular weight is 369 g/mol. The van der Waals surface area contributed by atoms with Crippen molar-refractivity contribution in [3.63, 3.8) is 0 Å². The smallest absolute Gasteiger partial charge is 0.0244 e. The van der Waals surface area contributed by atoms with Gasteiger partial charge in [-0.3, -0.25) is 0 Å². The normalized spacial score (nSPS) is 10.6. The third kappa shape index (κ3) is 7.56. The molecule has 0 radical (unpaired) electrons. The minimum atomic E-state index is 1.14. The van der Waals surface area contributed by atoms with Crippen molar-refractivity contribution < 1.29 is 0 Å². The highest BCUT2D eigenvalue weighted by molar-refractivity contribution is 5.18. The molecule has 0 nitrogen and oxygen atoms in total. The van der Waals surface area contributed by atoms with E-state index in [0.29, 0.717) is 0 Å². The van der Waals surface area contributed by atoms with Gasteiger partial charge in [0.2, 0.25) is 0 Å². The monoisotopic (exact) mass is 368 g/mol. The molecule has 0 heteroatoms. The maximum atomic E-state index is 2.52. The first-order valence-electron chi connectivity index (χ1n) is 10.7. The first-order chi connectivity index (χ1) is 13.9. The molecule has 0 aliphatic carbocycles. The SMILES string of the molecule is C(CCc1ccccc1)=C(CCCc1ccccc1)CCCc1ccccc1. The lowest BCUT2D eigenvalue weighted by atomic mass is 9.97. The van der Waals surface area contributed by atoms with Crippen LogP contribution in [0.4, 0.5) is 0 Å². The van der Waals surface area contributed by atoms with Crippen LogP contribution >= 0.6 is 0 Å². The van der Waals surface area contributed by atoms with Gasteiger partial charge in [-0.05, 0) is 68.1 Å². The summed E-state index contributed by atoms with van der Waals surface area (Å²) in [5.74, 6) is 0. The highest BCUT2D eigenvalue weighted by Crippen LogP contribution is 2.18. The van der Waals surface area contributed by atoms with Crippen LogP contribution in [0.5, 0.6) is 0 Å². The Hall–Kier alpha value is -2.60. The van der Waals surface area contributed by atoms with Gasteiger partial charge in [-0.1, -0.05) is 103 Å². The first-order valence-corrected chi connectivity index (χ1v) is 10.7. The number of allylic oxidation sites excluding steroid dienone is 2. The summed E-state index contributed by atoms with van der Waals surface area (Å²) in [7, 11) is 0. The first kappa shape index (κ1) is 20.1. The number of aryl methyl sites for hydroxylation is 3. The van der Waals surface area contributed by atoms with Gasteiger partial charge in [0.15, 0.2) is 0 Å². The van der Waals surface area contributed by atoms with Crippen LogP contribution in [0.2, 0.25) is 0 Å². The maximum Gasteiger partial charge on any atom is -0.0244 e. The molecule has 28 heavy (non-hydrogen) atoms. The molecule has 0 aliphatic rings. The summed E-state index contributed by atoms with van der Waals surface area (Å²) in [4.78, 5) is 0. The van der Waals surface area contributed by atoms with Crippen LogP contribution < -0.4 is 0 Å². The molecule has 0 aromatic heterocycles. The Labute approximate surface area is 171 Å². The van der Waals surface area contributed by atoms with E-state index in [-0.39, 0.29) is 0 Å². The third-order valence-electron chi connectivity index (χ3n) is 5.32. The van der Waals surface area contributed by atoms with E-state index in [0.717, 1.165) is 12.8 Å². The fourth-order valence-electron chi connectivity index (χ4n) is 3.75. The molecule has 3 rings (SSSR count). The standard InChI is InChI=1S/C28H32/c1-4-13-25(14-5-1)19-10-22-28(23-11-20-26-15-6-2-7-16-26)24-12-21-27-17-8-3-9-18-27/h1-9,13-18,22H,10-12,19-21,23-24H2. The van der Waals surface area contributed by atoms with Crippen LogP contribution in [0.3, 0.4) is 0 Å². The zero-order valence-corrected chi connectivity index (χ0v) is 16.9. The summed E-state index contributed by atoms with van der Waals surface area (Å²) in [6.07, 6.45) is 12.1. The molecule has 3 aromatic rings. The molecule has 0 saturated heterocycles. The molecule has 0 bridgehead atoms. The van der Waals surface area contributed by atoms with Gasteiger partial charge >= 0.3 is 0 Å². The zero-order chi connectivity index (χ0) is 19.3. The van der Waals surface area contributed by atoms with Crippen LogP contribution in [-0.2, 0) is 19.3 Å². The fraction of sp³-hybridized carbons (Fsp3) is 0.286. The molecule has 0 heterocycles. The van der Waals surface area contributed by atoms with Crippen molar-refractivity contribution in [2.24, 2.45) is 0 Å². The lowest BCUT2D eigenvalue weighted by Crippen LogP contribution is -1.93. The minimum absolute atomic E-state index is 1.14. The summed E-state index contributed by atoms with van der Waals surface area (Å²) < 4.78 is 0. The predicted molar refractivity (Wildman–Crippen MR) is 122 cm³/mol. The van der Waals surface area contributed by atoms with Crippen molar-refractivity contribution in [3.8, 4) is 0 Å². The van der Waals surface area contributed by atoms with Gasteiger partial charge in [0.05, 0.1) is 0 Å². The Morgan fingerprint density at radius 2 is 0.893 bits per heavy atom. The Kier molecular flexibility index (Phi) is 8.62. The highest BCUT2D eigenvalue weighted by atomic mass is 14.1. The van der Waals surface area contributed by atoms with Gasteiger partial charge in [0, 0.05) is 0 Å². The van der Waals surface area contributed by atoms with E-state index in [1.807, 2.05) is 0 Å². The second kappa shape index (κ2) is 12.0. The third-order valence-corrected chi connectivity index (χ3v) is 5.32. The van der Waals surface area contributed by atoms with Gasteiger partial charge in [0.25, 0.3) is 0 Å². The lowest BCUT2D eigenvalue weighted by Gasteiger charge is -2.09. The van der Waals surface area contributed by atoms with Crippen molar-refractivity contribution >= 4 is 0 Å². The lowest BCUT2D eigenvalue weighted by molar-refractivity contribution is 0.725. The molecule has 0 unspecified atom stereocenters. The van der Waals surface area contributed by atoms with Gasteiger partial charge in [-0.15, -0.1) is 0 Å². The van der Waals surface area contributed by atoms with E-state index in [2.05, 4.69) is 97.1 Å².